The van der Waals surface area contributed by atoms with Crippen molar-refractivity contribution >= 4 is 27.3 Å². The summed E-state index contributed by atoms with van der Waals surface area (Å²) in [5.74, 6) is 0. The van der Waals surface area contributed by atoms with E-state index in [0.29, 0.717) is 0 Å². The van der Waals surface area contributed by atoms with Crippen molar-refractivity contribution in [2.45, 2.75) is 18.7 Å². The third-order valence-electron chi connectivity index (χ3n) is 2.29. The van der Waals surface area contributed by atoms with Crippen LogP contribution in [0.25, 0.3) is 10.6 Å². The molecule has 1 nitrogen and oxygen atoms in total. The number of hydrogen-bond donors (Lipinski definition) is 0. The van der Waals surface area contributed by atoms with Gasteiger partial charge in [-0.25, -0.2) is 4.98 Å². The van der Waals surface area contributed by atoms with E-state index in [4.69, 9.17) is 0 Å². The van der Waals surface area contributed by atoms with Gasteiger partial charge in [0.2, 0.25) is 0 Å². The van der Waals surface area contributed by atoms with Crippen LogP contribution in [0.4, 0.5) is 0 Å². The van der Waals surface area contributed by atoms with Crippen LogP contribution in [0.1, 0.15) is 17.4 Å². The van der Waals surface area contributed by atoms with Crippen molar-refractivity contribution in [1.29, 1.82) is 0 Å². The van der Waals surface area contributed by atoms with Crippen LogP contribution in [0.2, 0.25) is 0 Å². The fraction of sp³-hybridized carbons (Fsp3) is 0.250. The van der Waals surface area contributed by atoms with E-state index in [1.807, 2.05) is 6.20 Å². The van der Waals surface area contributed by atoms with E-state index in [1.54, 1.807) is 11.3 Å². The highest BCUT2D eigenvalue weighted by Crippen LogP contribution is 2.26. The summed E-state index contributed by atoms with van der Waals surface area (Å²) in [4.78, 5) is 5.67. The summed E-state index contributed by atoms with van der Waals surface area (Å²) in [5, 5.41) is 1.99. The predicted molar refractivity (Wildman–Crippen MR) is 69.6 cm³/mol. The number of rotatable bonds is 3. The number of aryl methyl sites for hydroxylation is 1. The highest BCUT2D eigenvalue weighted by Gasteiger charge is 2.03. The monoisotopic (exact) mass is 281 g/mol. The molecule has 0 saturated carbocycles. The molecule has 0 radical (unpaired) electrons. The number of alkyl halides is 1. The summed E-state index contributed by atoms with van der Waals surface area (Å²) >= 11 is 5.18. The molecule has 1 aromatic carbocycles. The minimum atomic E-state index is 0.887. The number of thiazole rings is 1. The summed E-state index contributed by atoms with van der Waals surface area (Å²) in [5.41, 5.74) is 2.58. The van der Waals surface area contributed by atoms with Crippen LogP contribution >= 0.6 is 27.3 Å². The van der Waals surface area contributed by atoms with Crippen molar-refractivity contribution in [1.82, 2.24) is 4.98 Å². The van der Waals surface area contributed by atoms with Gasteiger partial charge in [0.25, 0.3) is 0 Å². The molecule has 0 spiro atoms. The SMILES string of the molecule is CCc1ccc(-c2ncc(CBr)s2)cc1. The molecule has 15 heavy (non-hydrogen) atoms. The van der Waals surface area contributed by atoms with Gasteiger partial charge in [0.1, 0.15) is 5.01 Å². The van der Waals surface area contributed by atoms with Crippen LogP contribution in [-0.4, -0.2) is 4.98 Å². The molecule has 0 saturated heterocycles. The van der Waals surface area contributed by atoms with Crippen molar-refractivity contribution in [3.8, 4) is 10.6 Å². The molecule has 2 rings (SSSR count). The van der Waals surface area contributed by atoms with E-state index in [9.17, 15) is 0 Å². The summed E-state index contributed by atoms with van der Waals surface area (Å²) in [6.45, 7) is 2.17. The first-order valence-corrected chi connectivity index (χ1v) is 6.87. The molecule has 0 amide bonds. The van der Waals surface area contributed by atoms with E-state index >= 15 is 0 Å². The maximum absolute atomic E-state index is 4.40. The van der Waals surface area contributed by atoms with Crippen molar-refractivity contribution < 1.29 is 0 Å². The first kappa shape index (κ1) is 10.8. The van der Waals surface area contributed by atoms with Gasteiger partial charge in [-0.15, -0.1) is 11.3 Å². The van der Waals surface area contributed by atoms with Crippen LogP contribution in [0.3, 0.4) is 0 Å². The Bertz CT molecular complexity index is 433. The normalized spacial score (nSPS) is 10.5. The highest BCUT2D eigenvalue weighted by molar-refractivity contribution is 9.08. The lowest BCUT2D eigenvalue weighted by atomic mass is 10.1. The van der Waals surface area contributed by atoms with Gasteiger partial charge in [-0.1, -0.05) is 47.1 Å². The fourth-order valence-corrected chi connectivity index (χ4v) is 2.64. The maximum Gasteiger partial charge on any atom is 0.123 e. The van der Waals surface area contributed by atoms with Crippen molar-refractivity contribution in [3.63, 3.8) is 0 Å². The van der Waals surface area contributed by atoms with Crippen molar-refractivity contribution in [2.75, 3.05) is 0 Å². The molecule has 0 fully saturated rings. The van der Waals surface area contributed by atoms with Crippen molar-refractivity contribution in [2.24, 2.45) is 0 Å². The lowest BCUT2D eigenvalue weighted by Crippen LogP contribution is -1.79. The number of halogens is 1. The first-order valence-electron chi connectivity index (χ1n) is 4.93. The Labute approximate surface area is 102 Å². The second-order valence-corrected chi connectivity index (χ2v) is 4.99. The number of hydrogen-bond acceptors (Lipinski definition) is 2. The largest absolute Gasteiger partial charge is 0.244 e. The Morgan fingerprint density at radius 3 is 2.53 bits per heavy atom. The Balaban J connectivity index is 2.28. The van der Waals surface area contributed by atoms with E-state index in [0.717, 1.165) is 16.8 Å². The Morgan fingerprint density at radius 1 is 1.27 bits per heavy atom. The molecular formula is C12H12BrNS. The summed E-state index contributed by atoms with van der Waals surface area (Å²) in [6.07, 6.45) is 3.02. The molecule has 0 aliphatic carbocycles. The molecule has 78 valence electrons. The fourth-order valence-electron chi connectivity index (χ4n) is 1.39. The molecule has 0 N–H and O–H groups in total. The molecular weight excluding hydrogens is 270 g/mol. The average Bonchev–Trinajstić information content (AvgIpc) is 2.78. The summed E-state index contributed by atoms with van der Waals surface area (Å²) in [7, 11) is 0. The summed E-state index contributed by atoms with van der Waals surface area (Å²) < 4.78 is 0. The second-order valence-electron chi connectivity index (χ2n) is 3.32. The topological polar surface area (TPSA) is 12.9 Å². The van der Waals surface area contributed by atoms with E-state index in [-0.39, 0.29) is 0 Å². The maximum atomic E-state index is 4.40. The smallest absolute Gasteiger partial charge is 0.123 e. The van der Waals surface area contributed by atoms with Crippen LogP contribution in [-0.2, 0) is 11.8 Å². The zero-order chi connectivity index (χ0) is 10.7. The lowest BCUT2D eigenvalue weighted by Gasteiger charge is -1.98. The Hall–Kier alpha value is -0.670. The molecule has 0 aliphatic heterocycles. The van der Waals surface area contributed by atoms with Crippen LogP contribution in [0, 0.1) is 0 Å². The minimum Gasteiger partial charge on any atom is -0.244 e. The standard InChI is InChI=1S/C12H12BrNS/c1-2-9-3-5-10(6-4-9)12-14-8-11(7-13)15-12/h3-6,8H,2,7H2,1H3. The van der Waals surface area contributed by atoms with Crippen LogP contribution in [0.15, 0.2) is 30.5 Å². The molecule has 1 aromatic heterocycles. The lowest BCUT2D eigenvalue weighted by molar-refractivity contribution is 1.14. The minimum absolute atomic E-state index is 0.887. The number of aromatic nitrogens is 1. The first-order chi connectivity index (χ1) is 7.33. The summed E-state index contributed by atoms with van der Waals surface area (Å²) in [6, 6.07) is 8.64. The van der Waals surface area contributed by atoms with Gasteiger partial charge in [0.15, 0.2) is 0 Å². The van der Waals surface area contributed by atoms with Gasteiger partial charge in [-0.3, -0.25) is 0 Å². The van der Waals surface area contributed by atoms with Crippen LogP contribution in [0.5, 0.6) is 0 Å². The van der Waals surface area contributed by atoms with E-state index < -0.39 is 0 Å². The quantitative estimate of drug-likeness (QED) is 0.766. The molecule has 1 heterocycles. The Morgan fingerprint density at radius 2 is 2.00 bits per heavy atom. The average molecular weight is 282 g/mol. The third kappa shape index (κ3) is 2.47. The van der Waals surface area contributed by atoms with Gasteiger partial charge in [0.05, 0.1) is 0 Å². The predicted octanol–water partition coefficient (Wildman–Crippen LogP) is 4.27. The van der Waals surface area contributed by atoms with Gasteiger partial charge < -0.3 is 0 Å². The molecule has 3 heteroatoms. The zero-order valence-corrected chi connectivity index (χ0v) is 10.9. The number of nitrogens with zero attached hydrogens (tertiary/aromatic N) is 1. The molecule has 0 atom stereocenters. The molecule has 2 aromatic rings. The molecule has 0 aliphatic rings. The molecule has 0 bridgehead atoms. The van der Waals surface area contributed by atoms with Crippen LogP contribution < -0.4 is 0 Å². The van der Waals surface area contributed by atoms with E-state index in [2.05, 4.69) is 52.1 Å². The number of benzene rings is 1. The van der Waals surface area contributed by atoms with Gasteiger partial charge in [-0.2, -0.15) is 0 Å². The zero-order valence-electron chi connectivity index (χ0n) is 8.53. The Kier molecular flexibility index (Phi) is 3.54. The van der Waals surface area contributed by atoms with E-state index in [1.165, 1.54) is 16.0 Å². The highest BCUT2D eigenvalue weighted by atomic mass is 79.9. The third-order valence-corrected chi connectivity index (χ3v) is 4.32. The van der Waals surface area contributed by atoms with Gasteiger partial charge in [0, 0.05) is 22.0 Å². The van der Waals surface area contributed by atoms with Gasteiger partial charge >= 0.3 is 0 Å². The molecule has 0 unspecified atom stereocenters. The second kappa shape index (κ2) is 4.90. The van der Waals surface area contributed by atoms with Gasteiger partial charge in [-0.05, 0) is 12.0 Å². The van der Waals surface area contributed by atoms with Crippen molar-refractivity contribution in [3.05, 3.63) is 40.9 Å².